The molecular weight excluding hydrogens is 286 g/mol. The van der Waals surface area contributed by atoms with Crippen molar-refractivity contribution in [3.8, 4) is 10.9 Å². The van der Waals surface area contributed by atoms with Gasteiger partial charge in [-0.1, -0.05) is 29.0 Å². The fourth-order valence-electron chi connectivity index (χ4n) is 1.66. The van der Waals surface area contributed by atoms with Crippen molar-refractivity contribution in [3.63, 3.8) is 0 Å². The Kier molecular flexibility index (Phi) is 3.78. The number of ether oxygens (including phenoxy) is 1. The van der Waals surface area contributed by atoms with Gasteiger partial charge in [0.15, 0.2) is 10.0 Å². The molecule has 1 heterocycles. The number of halogens is 1. The molecule has 2 aromatic rings. The number of aryl methyl sites for hydroxylation is 2. The van der Waals surface area contributed by atoms with Gasteiger partial charge in [-0.25, -0.2) is 4.79 Å². The van der Waals surface area contributed by atoms with Crippen molar-refractivity contribution in [2.24, 2.45) is 0 Å². The molecule has 1 N–H and O–H groups in total. The molecule has 0 saturated heterocycles. The Morgan fingerprint density at radius 3 is 2.63 bits per heavy atom. The van der Waals surface area contributed by atoms with Crippen LogP contribution in [0.5, 0.6) is 10.9 Å². The maximum absolute atomic E-state index is 10.9. The monoisotopic (exact) mass is 297 g/mol. The van der Waals surface area contributed by atoms with E-state index in [4.69, 9.17) is 21.4 Å². The molecule has 19 heavy (non-hydrogen) atoms. The minimum Gasteiger partial charge on any atom is -0.477 e. The molecule has 0 radical (unpaired) electrons. The summed E-state index contributed by atoms with van der Waals surface area (Å²) in [5, 5.41) is 9.10. The molecule has 0 unspecified atom stereocenters. The second-order valence-electron chi connectivity index (χ2n) is 4.21. The van der Waals surface area contributed by atoms with Crippen LogP contribution in [0, 0.1) is 20.8 Å². The molecule has 0 aliphatic rings. The smallest absolute Gasteiger partial charge is 0.349 e. The van der Waals surface area contributed by atoms with E-state index in [2.05, 4.69) is 11.1 Å². The largest absolute Gasteiger partial charge is 0.477 e. The predicted molar refractivity (Wildman–Crippen MR) is 74.8 cm³/mol. The van der Waals surface area contributed by atoms with Gasteiger partial charge in [0.2, 0.25) is 0 Å². The number of rotatable bonds is 3. The summed E-state index contributed by atoms with van der Waals surface area (Å²) in [7, 11) is 0. The van der Waals surface area contributed by atoms with Crippen molar-refractivity contribution in [1.29, 1.82) is 0 Å². The summed E-state index contributed by atoms with van der Waals surface area (Å²) < 4.78 is 5.64. The van der Waals surface area contributed by atoms with Gasteiger partial charge in [-0.3, -0.25) is 0 Å². The topological polar surface area (TPSA) is 59.4 Å². The normalized spacial score (nSPS) is 10.5. The van der Waals surface area contributed by atoms with Crippen molar-refractivity contribution < 1.29 is 14.6 Å². The first kappa shape index (κ1) is 13.8. The zero-order valence-corrected chi connectivity index (χ0v) is 12.2. The number of carboxylic acid groups (broad SMARTS) is 1. The van der Waals surface area contributed by atoms with E-state index in [1.165, 1.54) is 0 Å². The number of nitrogens with zero attached hydrogens (tertiary/aromatic N) is 1. The zero-order chi connectivity index (χ0) is 14.2. The lowest BCUT2D eigenvalue weighted by Crippen LogP contribution is -1.91. The third-order valence-electron chi connectivity index (χ3n) is 2.72. The first-order chi connectivity index (χ1) is 8.88. The Labute approximate surface area is 119 Å². The van der Waals surface area contributed by atoms with Crippen molar-refractivity contribution >= 4 is 28.9 Å². The van der Waals surface area contributed by atoms with Crippen LogP contribution in [0.25, 0.3) is 0 Å². The van der Waals surface area contributed by atoms with E-state index >= 15 is 0 Å². The van der Waals surface area contributed by atoms with E-state index in [0.29, 0.717) is 5.75 Å². The molecule has 0 aliphatic carbocycles. The molecule has 0 saturated carbocycles. The van der Waals surface area contributed by atoms with Crippen LogP contribution in [-0.4, -0.2) is 16.1 Å². The van der Waals surface area contributed by atoms with E-state index in [0.717, 1.165) is 28.0 Å². The van der Waals surface area contributed by atoms with Crippen LogP contribution in [0.4, 0.5) is 0 Å². The van der Waals surface area contributed by atoms with Gasteiger partial charge >= 0.3 is 5.97 Å². The molecule has 0 aliphatic heterocycles. The Balaban J connectivity index is 2.36. The number of carbonyl (C=O) groups is 1. The number of aromatic nitrogens is 1. The summed E-state index contributed by atoms with van der Waals surface area (Å²) in [6, 6.07) is 3.94. The lowest BCUT2D eigenvalue weighted by molar-refractivity contribution is 0.0702. The second kappa shape index (κ2) is 5.19. The highest BCUT2D eigenvalue weighted by molar-refractivity contribution is 7.15. The fourth-order valence-corrected chi connectivity index (χ4v) is 2.64. The molecule has 0 spiro atoms. The van der Waals surface area contributed by atoms with Crippen LogP contribution in [-0.2, 0) is 0 Å². The lowest BCUT2D eigenvalue weighted by atomic mass is 10.1. The van der Waals surface area contributed by atoms with Gasteiger partial charge < -0.3 is 9.84 Å². The summed E-state index contributed by atoms with van der Waals surface area (Å²) in [6.07, 6.45) is 0. The average Bonchev–Trinajstić information content (AvgIpc) is 2.66. The van der Waals surface area contributed by atoms with E-state index in [1.807, 2.05) is 26.8 Å². The minimum absolute atomic E-state index is 0.0151. The van der Waals surface area contributed by atoms with Crippen molar-refractivity contribution in [1.82, 2.24) is 4.98 Å². The zero-order valence-electron chi connectivity index (χ0n) is 10.7. The van der Waals surface area contributed by atoms with Gasteiger partial charge in [-0.2, -0.15) is 4.98 Å². The molecule has 0 atom stereocenters. The highest BCUT2D eigenvalue weighted by Gasteiger charge is 2.17. The van der Waals surface area contributed by atoms with Gasteiger partial charge in [0.1, 0.15) is 5.75 Å². The van der Waals surface area contributed by atoms with Gasteiger partial charge in [0.05, 0.1) is 0 Å². The summed E-state index contributed by atoms with van der Waals surface area (Å²) >= 11 is 6.67. The van der Waals surface area contributed by atoms with Gasteiger partial charge in [0.25, 0.3) is 5.19 Å². The van der Waals surface area contributed by atoms with Crippen LogP contribution >= 0.6 is 22.9 Å². The standard InChI is InChI=1S/C13H12ClNO3S/c1-6-4-7(2)8(3)9(5-6)18-13-15-11(14)10(19-13)12(16)17/h4-5H,1-3H3,(H,16,17). The molecule has 100 valence electrons. The van der Waals surface area contributed by atoms with Gasteiger partial charge in [0, 0.05) is 0 Å². The SMILES string of the molecule is Cc1cc(C)c(C)c(Oc2nc(Cl)c(C(=O)O)s2)c1. The maximum atomic E-state index is 10.9. The number of benzene rings is 1. The van der Waals surface area contributed by atoms with E-state index in [-0.39, 0.29) is 15.2 Å². The highest BCUT2D eigenvalue weighted by atomic mass is 35.5. The van der Waals surface area contributed by atoms with Crippen molar-refractivity contribution in [3.05, 3.63) is 38.9 Å². The molecule has 0 fully saturated rings. The quantitative estimate of drug-likeness (QED) is 0.922. The molecule has 1 aromatic heterocycles. The van der Waals surface area contributed by atoms with Crippen molar-refractivity contribution in [2.75, 3.05) is 0 Å². The summed E-state index contributed by atoms with van der Waals surface area (Å²) in [5.41, 5.74) is 3.17. The maximum Gasteiger partial charge on any atom is 0.349 e. The van der Waals surface area contributed by atoms with E-state index < -0.39 is 5.97 Å². The number of hydrogen-bond acceptors (Lipinski definition) is 4. The molecule has 4 nitrogen and oxygen atoms in total. The number of aromatic carboxylic acids is 1. The van der Waals surface area contributed by atoms with Crippen LogP contribution < -0.4 is 4.74 Å². The van der Waals surface area contributed by atoms with E-state index in [1.54, 1.807) is 0 Å². The number of hydrogen-bond donors (Lipinski definition) is 1. The first-order valence-electron chi connectivity index (χ1n) is 5.54. The van der Waals surface area contributed by atoms with Gasteiger partial charge in [-0.05, 0) is 43.5 Å². The summed E-state index contributed by atoms with van der Waals surface area (Å²) in [5.74, 6) is -0.436. The molecule has 0 bridgehead atoms. The Hall–Kier alpha value is -1.59. The van der Waals surface area contributed by atoms with Crippen molar-refractivity contribution in [2.45, 2.75) is 20.8 Å². The molecule has 6 heteroatoms. The highest BCUT2D eigenvalue weighted by Crippen LogP contribution is 2.34. The third kappa shape index (κ3) is 2.88. The Morgan fingerprint density at radius 2 is 2.05 bits per heavy atom. The Bertz CT molecular complexity index is 652. The fraction of sp³-hybridized carbons (Fsp3) is 0.231. The minimum atomic E-state index is -1.10. The number of thiazole rings is 1. The molecule has 2 rings (SSSR count). The Morgan fingerprint density at radius 1 is 1.37 bits per heavy atom. The predicted octanol–water partition coefficient (Wildman–Crippen LogP) is 4.21. The third-order valence-corrected chi connectivity index (χ3v) is 4.03. The van der Waals surface area contributed by atoms with Crippen LogP contribution in [0.15, 0.2) is 12.1 Å². The second-order valence-corrected chi connectivity index (χ2v) is 5.53. The van der Waals surface area contributed by atoms with Crippen LogP contribution in [0.3, 0.4) is 0 Å². The molecule has 0 amide bonds. The summed E-state index contributed by atoms with van der Waals surface area (Å²) in [6.45, 7) is 5.90. The average molecular weight is 298 g/mol. The van der Waals surface area contributed by atoms with E-state index in [9.17, 15) is 4.79 Å². The molecular formula is C13H12ClNO3S. The first-order valence-corrected chi connectivity index (χ1v) is 6.73. The van der Waals surface area contributed by atoms with Crippen LogP contribution in [0.2, 0.25) is 5.15 Å². The molecule has 1 aromatic carbocycles. The summed E-state index contributed by atoms with van der Waals surface area (Å²) in [4.78, 5) is 14.8. The number of carboxylic acids is 1. The van der Waals surface area contributed by atoms with Gasteiger partial charge in [-0.15, -0.1) is 0 Å². The lowest BCUT2D eigenvalue weighted by Gasteiger charge is -2.09. The van der Waals surface area contributed by atoms with Crippen LogP contribution in [0.1, 0.15) is 26.4 Å².